The van der Waals surface area contributed by atoms with E-state index in [-0.39, 0.29) is 21.2 Å². The molecular formula is C18H15N2O5S3-. The number of carbonyl (C=O) groups excluding carboxylic acids is 4. The molecule has 3 amide bonds. The van der Waals surface area contributed by atoms with Gasteiger partial charge in [-0.3, -0.25) is 19.3 Å². The maximum absolute atomic E-state index is 13.1. The molecule has 0 N–H and O–H groups in total. The Hall–Kier alpha value is -2.17. The van der Waals surface area contributed by atoms with Crippen molar-refractivity contribution in [1.82, 2.24) is 4.90 Å². The van der Waals surface area contributed by atoms with Gasteiger partial charge in [-0.05, 0) is 24.5 Å². The number of carbonyl (C=O) groups is 4. The number of thioether (sulfide) groups is 2. The fraction of sp³-hybridized carbons (Fsp3) is 0.278. The molecule has 0 bridgehead atoms. The Balaban J connectivity index is 2.09. The van der Waals surface area contributed by atoms with E-state index in [1.54, 1.807) is 24.3 Å². The van der Waals surface area contributed by atoms with Crippen LogP contribution in [0.3, 0.4) is 0 Å². The van der Waals surface area contributed by atoms with Gasteiger partial charge in [0.2, 0.25) is 5.91 Å². The molecule has 0 aromatic heterocycles. The molecule has 0 radical (unpaired) electrons. The van der Waals surface area contributed by atoms with Crippen LogP contribution in [0.15, 0.2) is 29.2 Å². The van der Waals surface area contributed by atoms with Crippen molar-refractivity contribution in [3.8, 4) is 0 Å². The predicted molar refractivity (Wildman–Crippen MR) is 110 cm³/mol. The van der Waals surface area contributed by atoms with Gasteiger partial charge in [-0.1, -0.05) is 42.2 Å². The Morgan fingerprint density at radius 1 is 1.25 bits per heavy atom. The van der Waals surface area contributed by atoms with Crippen LogP contribution in [-0.4, -0.2) is 51.0 Å². The predicted octanol–water partition coefficient (Wildman–Crippen LogP) is 1.02. The van der Waals surface area contributed by atoms with Gasteiger partial charge in [0.15, 0.2) is 0 Å². The molecule has 1 atom stereocenters. The van der Waals surface area contributed by atoms with Crippen LogP contribution in [0.2, 0.25) is 0 Å². The highest BCUT2D eigenvalue weighted by Crippen LogP contribution is 2.45. The third kappa shape index (κ3) is 3.36. The summed E-state index contributed by atoms with van der Waals surface area (Å²) in [5, 5.41) is 11.6. The normalized spacial score (nSPS) is 20.0. The molecule has 0 spiro atoms. The molecule has 0 aliphatic carbocycles. The number of aliphatic carboxylic acids is 1. The molecule has 0 unspecified atom stereocenters. The van der Waals surface area contributed by atoms with E-state index in [1.807, 2.05) is 6.26 Å². The second kappa shape index (κ2) is 8.06. The molecule has 1 aromatic rings. The fourth-order valence-electron chi connectivity index (χ4n) is 3.13. The van der Waals surface area contributed by atoms with Gasteiger partial charge < -0.3 is 9.90 Å². The number of anilines is 1. The number of fused-ring (bicyclic) bond motifs is 1. The maximum Gasteiger partial charge on any atom is 0.267 e. The summed E-state index contributed by atoms with van der Waals surface area (Å²) in [6.45, 7) is 1.26. The van der Waals surface area contributed by atoms with Crippen molar-refractivity contribution in [3.05, 3.63) is 34.7 Å². The number of para-hydroxylation sites is 1. The summed E-state index contributed by atoms with van der Waals surface area (Å²) in [7, 11) is 0. The Morgan fingerprint density at radius 2 is 1.93 bits per heavy atom. The minimum Gasteiger partial charge on any atom is -0.548 e. The first-order chi connectivity index (χ1) is 13.3. The summed E-state index contributed by atoms with van der Waals surface area (Å²) in [6.07, 6.45) is 1.99. The van der Waals surface area contributed by atoms with Crippen LogP contribution in [-0.2, 0) is 19.2 Å². The highest BCUT2D eigenvalue weighted by molar-refractivity contribution is 8.26. The second-order valence-electron chi connectivity index (χ2n) is 6.04. The number of hydrogen-bond acceptors (Lipinski definition) is 8. The minimum absolute atomic E-state index is 0.0293. The average molecular weight is 436 g/mol. The lowest BCUT2D eigenvalue weighted by atomic mass is 10.1. The van der Waals surface area contributed by atoms with Crippen molar-refractivity contribution in [3.63, 3.8) is 0 Å². The largest absolute Gasteiger partial charge is 0.548 e. The van der Waals surface area contributed by atoms with Gasteiger partial charge in [-0.2, -0.15) is 11.8 Å². The Morgan fingerprint density at radius 3 is 2.54 bits per heavy atom. The minimum atomic E-state index is -1.40. The molecule has 146 valence electrons. The number of benzene rings is 1. The standard InChI is InChI=1S/C18H16N2O5S3/c1-9(21)19-11-6-4-3-5-10(11)13(15(19)22)14-16(23)20(18(26)28-14)12(17(24)25)7-8-27-2/h3-6,12H,7-8H2,1-2H3,(H,24,25)/p-1/b14-13-/t12-/m0/s1. The number of hydrogen-bond donors (Lipinski definition) is 0. The first-order valence-electron chi connectivity index (χ1n) is 8.23. The van der Waals surface area contributed by atoms with Crippen LogP contribution in [0.5, 0.6) is 0 Å². The van der Waals surface area contributed by atoms with E-state index < -0.39 is 29.7 Å². The molecule has 2 aliphatic heterocycles. The summed E-state index contributed by atoms with van der Waals surface area (Å²) in [4.78, 5) is 51.6. The van der Waals surface area contributed by atoms with E-state index in [4.69, 9.17) is 12.2 Å². The van der Waals surface area contributed by atoms with Crippen molar-refractivity contribution in [2.24, 2.45) is 0 Å². The Bertz CT molecular complexity index is 943. The van der Waals surface area contributed by atoms with Gasteiger partial charge in [0.05, 0.1) is 28.2 Å². The monoisotopic (exact) mass is 435 g/mol. The van der Waals surface area contributed by atoms with Crippen LogP contribution >= 0.6 is 35.7 Å². The summed E-state index contributed by atoms with van der Waals surface area (Å²) in [5.74, 6) is -2.66. The summed E-state index contributed by atoms with van der Waals surface area (Å²) >= 11 is 7.55. The topological polar surface area (TPSA) is 97.8 Å². The smallest absolute Gasteiger partial charge is 0.267 e. The van der Waals surface area contributed by atoms with Crippen molar-refractivity contribution < 1.29 is 24.3 Å². The van der Waals surface area contributed by atoms with Crippen molar-refractivity contribution >= 4 is 75.0 Å². The molecule has 1 fully saturated rings. The third-order valence-corrected chi connectivity index (χ3v) is 6.40. The lowest BCUT2D eigenvalue weighted by Gasteiger charge is -2.27. The number of carboxylic acid groups (broad SMARTS) is 1. The van der Waals surface area contributed by atoms with Crippen molar-refractivity contribution in [2.75, 3.05) is 16.9 Å². The number of rotatable bonds is 5. The summed E-state index contributed by atoms with van der Waals surface area (Å²) in [6, 6.07) is 5.42. The lowest BCUT2D eigenvalue weighted by molar-refractivity contribution is -0.310. The summed E-state index contributed by atoms with van der Waals surface area (Å²) < 4.78 is 0.0503. The average Bonchev–Trinajstić information content (AvgIpc) is 3.08. The van der Waals surface area contributed by atoms with Crippen molar-refractivity contribution in [2.45, 2.75) is 19.4 Å². The number of nitrogens with zero attached hydrogens (tertiary/aromatic N) is 2. The molecule has 7 nitrogen and oxygen atoms in total. The van der Waals surface area contributed by atoms with E-state index in [9.17, 15) is 24.3 Å². The zero-order valence-electron chi connectivity index (χ0n) is 15.0. The number of carboxylic acids is 1. The maximum atomic E-state index is 13.1. The molecule has 2 heterocycles. The van der Waals surface area contributed by atoms with Crippen LogP contribution in [0.25, 0.3) is 5.57 Å². The van der Waals surface area contributed by atoms with Gasteiger partial charge in [-0.15, -0.1) is 0 Å². The number of thiocarbonyl (C=S) groups is 1. The molecule has 3 rings (SSSR count). The van der Waals surface area contributed by atoms with E-state index in [2.05, 4.69) is 0 Å². The van der Waals surface area contributed by atoms with Crippen LogP contribution in [0.1, 0.15) is 18.9 Å². The van der Waals surface area contributed by atoms with Crippen LogP contribution in [0, 0.1) is 0 Å². The van der Waals surface area contributed by atoms with E-state index in [0.29, 0.717) is 17.0 Å². The van der Waals surface area contributed by atoms with E-state index in [0.717, 1.165) is 21.6 Å². The SMILES string of the molecule is CSCC[C@@H](C(=O)[O-])N1C(=O)/C(=C2/C(=O)N(C(C)=O)c3ccccc32)SC1=S. The van der Waals surface area contributed by atoms with Gasteiger partial charge in [0.1, 0.15) is 4.32 Å². The molecular weight excluding hydrogens is 420 g/mol. The van der Waals surface area contributed by atoms with Crippen LogP contribution in [0.4, 0.5) is 5.69 Å². The fourth-order valence-corrected chi connectivity index (χ4v) is 5.02. The zero-order valence-corrected chi connectivity index (χ0v) is 17.4. The number of imide groups is 1. The van der Waals surface area contributed by atoms with E-state index in [1.165, 1.54) is 18.7 Å². The van der Waals surface area contributed by atoms with Gasteiger partial charge >= 0.3 is 0 Å². The first-order valence-corrected chi connectivity index (χ1v) is 10.8. The van der Waals surface area contributed by atoms with Gasteiger partial charge in [-0.25, -0.2) is 4.90 Å². The molecule has 1 aromatic carbocycles. The zero-order chi connectivity index (χ0) is 20.6. The molecule has 0 saturated carbocycles. The van der Waals surface area contributed by atoms with E-state index >= 15 is 0 Å². The van der Waals surface area contributed by atoms with Gasteiger partial charge in [0.25, 0.3) is 11.8 Å². The quantitative estimate of drug-likeness (QED) is 0.500. The number of amides is 3. The summed E-state index contributed by atoms with van der Waals surface area (Å²) in [5.41, 5.74) is 0.893. The third-order valence-electron chi connectivity index (χ3n) is 4.35. The molecule has 1 saturated heterocycles. The van der Waals surface area contributed by atoms with Gasteiger partial charge in [0, 0.05) is 12.5 Å². The highest BCUT2D eigenvalue weighted by Gasteiger charge is 2.45. The highest BCUT2D eigenvalue weighted by atomic mass is 32.2. The second-order valence-corrected chi connectivity index (χ2v) is 8.67. The molecule has 28 heavy (non-hydrogen) atoms. The molecule has 2 aliphatic rings. The Kier molecular flexibility index (Phi) is 5.92. The van der Waals surface area contributed by atoms with Crippen molar-refractivity contribution in [1.29, 1.82) is 0 Å². The lowest BCUT2D eigenvalue weighted by Crippen LogP contribution is -2.50. The first kappa shape index (κ1) is 20.6. The molecule has 10 heteroatoms. The van der Waals surface area contributed by atoms with Crippen LogP contribution < -0.4 is 10.0 Å². The Labute approximate surface area is 175 Å².